The van der Waals surface area contributed by atoms with Gasteiger partial charge < -0.3 is 18.8 Å². The Hall–Kier alpha value is -2.91. The second-order valence-electron chi connectivity index (χ2n) is 5.70. The minimum absolute atomic E-state index is 0.0703. The highest BCUT2D eigenvalue weighted by molar-refractivity contribution is 7.80. The molecule has 1 heterocycles. The molecule has 0 unspecified atom stereocenters. The Morgan fingerprint density at radius 1 is 1.11 bits per heavy atom. The Morgan fingerprint density at radius 2 is 1.75 bits per heavy atom. The van der Waals surface area contributed by atoms with Gasteiger partial charge in [0.15, 0.2) is 16.3 Å². The molecule has 2 aromatic carbocycles. The van der Waals surface area contributed by atoms with E-state index < -0.39 is 5.91 Å². The van der Waals surface area contributed by atoms with E-state index in [1.807, 2.05) is 35.9 Å². The van der Waals surface area contributed by atoms with Crippen molar-refractivity contribution in [2.45, 2.75) is 0 Å². The fourth-order valence-electron chi connectivity index (χ4n) is 2.68. The number of hydrogen-bond acceptors (Lipinski definition) is 6. The lowest BCUT2D eigenvalue weighted by Gasteiger charge is -2.13. The average Bonchev–Trinajstić information content (AvgIpc) is 3.02. The molecule has 0 saturated carbocycles. The highest BCUT2D eigenvalue weighted by Crippen LogP contribution is 2.38. The van der Waals surface area contributed by atoms with Crippen molar-refractivity contribution in [3.8, 4) is 17.2 Å². The monoisotopic (exact) mass is 417 g/mol. The average molecular weight is 418 g/mol. The van der Waals surface area contributed by atoms with Gasteiger partial charge in [0.25, 0.3) is 5.91 Å². The van der Waals surface area contributed by atoms with Crippen molar-refractivity contribution in [2.75, 3.05) is 21.3 Å². The molecule has 0 radical (unpaired) electrons. The summed E-state index contributed by atoms with van der Waals surface area (Å²) in [5.74, 6) is 0.749. The number of methoxy groups -OCH3 is 3. The fraction of sp³-hybridized carbons (Fsp3) is 0.211. The minimum Gasteiger partial charge on any atom is -0.493 e. The molecule has 1 amide bonds. The van der Waals surface area contributed by atoms with Gasteiger partial charge in [-0.1, -0.05) is 23.5 Å². The van der Waals surface area contributed by atoms with Crippen LogP contribution in [-0.2, 0) is 7.05 Å². The van der Waals surface area contributed by atoms with Gasteiger partial charge in [-0.25, -0.2) is 0 Å². The molecule has 0 aliphatic carbocycles. The number of hydrogen-bond donors (Lipinski definition) is 1. The SMILES string of the molecule is COc1cc(C(=O)NC(=S)N=c2sc3ccccc3n2C)cc(OC)c1OC. The summed E-state index contributed by atoms with van der Waals surface area (Å²) in [5.41, 5.74) is 1.36. The lowest BCUT2D eigenvalue weighted by molar-refractivity contribution is 0.0976. The minimum atomic E-state index is -0.420. The van der Waals surface area contributed by atoms with Crippen molar-refractivity contribution in [3.63, 3.8) is 0 Å². The predicted octanol–water partition coefficient (Wildman–Crippen LogP) is 2.88. The van der Waals surface area contributed by atoms with Crippen LogP contribution in [0.25, 0.3) is 10.2 Å². The summed E-state index contributed by atoms with van der Waals surface area (Å²) in [6, 6.07) is 11.0. The van der Waals surface area contributed by atoms with Crippen LogP contribution in [0.5, 0.6) is 17.2 Å². The van der Waals surface area contributed by atoms with Crippen LogP contribution in [0.3, 0.4) is 0 Å². The predicted molar refractivity (Wildman–Crippen MR) is 113 cm³/mol. The third-order valence-electron chi connectivity index (χ3n) is 4.06. The normalized spacial score (nSPS) is 11.4. The molecule has 1 aromatic heterocycles. The van der Waals surface area contributed by atoms with E-state index in [0.29, 0.717) is 27.6 Å². The van der Waals surface area contributed by atoms with Gasteiger partial charge in [0.2, 0.25) is 10.9 Å². The first kappa shape index (κ1) is 19.8. The standard InChI is InChI=1S/C19H19N3O4S2/c1-22-12-7-5-6-8-15(12)28-19(22)21-18(27)20-17(23)11-9-13(24-2)16(26-4)14(10-11)25-3/h5-10H,1-4H3,(H,20,23,27). The number of aryl methyl sites for hydroxylation is 1. The first-order valence-corrected chi connectivity index (χ1v) is 9.45. The number of amides is 1. The number of carbonyl (C=O) groups is 1. The topological polar surface area (TPSA) is 74.1 Å². The lowest BCUT2D eigenvalue weighted by atomic mass is 10.1. The molecule has 0 bridgehead atoms. The number of rotatable bonds is 4. The van der Waals surface area contributed by atoms with E-state index in [-0.39, 0.29) is 5.11 Å². The van der Waals surface area contributed by atoms with E-state index in [4.69, 9.17) is 26.4 Å². The Morgan fingerprint density at radius 3 is 2.32 bits per heavy atom. The maximum Gasteiger partial charge on any atom is 0.257 e. The number of ether oxygens (including phenoxy) is 3. The van der Waals surface area contributed by atoms with Crippen molar-refractivity contribution in [1.29, 1.82) is 0 Å². The van der Waals surface area contributed by atoms with Crippen LogP contribution in [0.15, 0.2) is 41.4 Å². The van der Waals surface area contributed by atoms with E-state index >= 15 is 0 Å². The lowest BCUT2D eigenvalue weighted by Crippen LogP contribution is -2.29. The van der Waals surface area contributed by atoms with Crippen molar-refractivity contribution < 1.29 is 19.0 Å². The van der Waals surface area contributed by atoms with Gasteiger partial charge in [-0.3, -0.25) is 10.1 Å². The van der Waals surface area contributed by atoms with Crippen LogP contribution in [-0.4, -0.2) is 36.9 Å². The zero-order chi connectivity index (χ0) is 20.3. The molecule has 0 saturated heterocycles. The largest absolute Gasteiger partial charge is 0.493 e. The molecule has 28 heavy (non-hydrogen) atoms. The van der Waals surface area contributed by atoms with E-state index in [0.717, 1.165) is 10.2 Å². The molecule has 0 aliphatic rings. The zero-order valence-electron chi connectivity index (χ0n) is 15.8. The molecule has 9 heteroatoms. The first-order valence-electron chi connectivity index (χ1n) is 8.23. The van der Waals surface area contributed by atoms with E-state index in [1.54, 1.807) is 12.1 Å². The molecule has 7 nitrogen and oxygen atoms in total. The molecule has 0 spiro atoms. The quantitative estimate of drug-likeness (QED) is 0.661. The van der Waals surface area contributed by atoms with Crippen molar-refractivity contribution in [3.05, 3.63) is 46.8 Å². The molecule has 1 N–H and O–H groups in total. The van der Waals surface area contributed by atoms with Gasteiger partial charge in [0.1, 0.15) is 0 Å². The highest BCUT2D eigenvalue weighted by Gasteiger charge is 2.17. The van der Waals surface area contributed by atoms with Crippen LogP contribution in [0.1, 0.15) is 10.4 Å². The van der Waals surface area contributed by atoms with E-state index in [1.165, 1.54) is 32.7 Å². The summed E-state index contributed by atoms with van der Waals surface area (Å²) >= 11 is 6.75. The summed E-state index contributed by atoms with van der Waals surface area (Å²) in [4.78, 5) is 17.7. The summed E-state index contributed by atoms with van der Waals surface area (Å²) < 4.78 is 18.8. The molecule has 0 atom stereocenters. The number of thiazole rings is 1. The van der Waals surface area contributed by atoms with Crippen molar-refractivity contribution in [2.24, 2.45) is 12.0 Å². The highest BCUT2D eigenvalue weighted by atomic mass is 32.1. The third-order valence-corrected chi connectivity index (χ3v) is 5.37. The number of aromatic nitrogens is 1. The van der Waals surface area contributed by atoms with Gasteiger partial charge in [-0.15, -0.1) is 0 Å². The van der Waals surface area contributed by atoms with Crippen LogP contribution in [0.2, 0.25) is 0 Å². The smallest absolute Gasteiger partial charge is 0.257 e. The van der Waals surface area contributed by atoms with E-state index in [2.05, 4.69) is 10.3 Å². The second-order valence-corrected chi connectivity index (χ2v) is 7.09. The zero-order valence-corrected chi connectivity index (χ0v) is 17.4. The van der Waals surface area contributed by atoms with Gasteiger partial charge >= 0.3 is 0 Å². The Balaban J connectivity index is 1.88. The molecular weight excluding hydrogens is 398 g/mol. The van der Waals surface area contributed by atoms with Gasteiger partial charge in [-0.2, -0.15) is 4.99 Å². The van der Waals surface area contributed by atoms with E-state index in [9.17, 15) is 4.79 Å². The summed E-state index contributed by atoms with van der Waals surface area (Å²) in [7, 11) is 6.38. The molecule has 3 aromatic rings. The maximum atomic E-state index is 12.6. The summed E-state index contributed by atoms with van der Waals surface area (Å²) in [6.07, 6.45) is 0. The fourth-order valence-corrected chi connectivity index (χ4v) is 3.95. The number of nitrogens with zero attached hydrogens (tertiary/aromatic N) is 2. The maximum absolute atomic E-state index is 12.6. The van der Waals surface area contributed by atoms with Crippen LogP contribution >= 0.6 is 23.6 Å². The number of thiocarbonyl (C=S) groups is 1. The van der Waals surface area contributed by atoms with Gasteiger partial charge in [0, 0.05) is 12.6 Å². The van der Waals surface area contributed by atoms with Crippen molar-refractivity contribution >= 4 is 44.8 Å². The first-order chi connectivity index (χ1) is 13.5. The molecule has 146 valence electrons. The van der Waals surface area contributed by atoms with Gasteiger partial charge in [-0.05, 0) is 36.5 Å². The van der Waals surface area contributed by atoms with Crippen LogP contribution < -0.4 is 24.3 Å². The number of para-hydroxylation sites is 1. The van der Waals surface area contributed by atoms with Crippen molar-refractivity contribution in [1.82, 2.24) is 9.88 Å². The third kappa shape index (κ3) is 3.85. The summed E-state index contributed by atoms with van der Waals surface area (Å²) in [6.45, 7) is 0. The molecule has 0 fully saturated rings. The Labute approximate surface area is 171 Å². The number of carbonyl (C=O) groups excluding carboxylic acids is 1. The Bertz CT molecular complexity index is 1090. The summed E-state index contributed by atoms with van der Waals surface area (Å²) in [5, 5.41) is 2.69. The Kier molecular flexibility index (Phi) is 5.96. The molecule has 0 aliphatic heterocycles. The second kappa shape index (κ2) is 8.41. The van der Waals surface area contributed by atoms with Gasteiger partial charge in [0.05, 0.1) is 31.5 Å². The molecule has 3 rings (SSSR count). The molecular formula is C19H19N3O4S2. The number of fused-ring (bicyclic) bond motifs is 1. The van der Waals surface area contributed by atoms with Crippen LogP contribution in [0, 0.1) is 0 Å². The number of benzene rings is 2. The van der Waals surface area contributed by atoms with Crippen LogP contribution in [0.4, 0.5) is 0 Å². The number of nitrogens with one attached hydrogen (secondary N) is 1.